The van der Waals surface area contributed by atoms with Gasteiger partial charge in [0.2, 0.25) is 8.32 Å². The molecule has 0 radical (unpaired) electrons. The topological polar surface area (TPSA) is 9.23 Å². The van der Waals surface area contributed by atoms with Crippen LogP contribution in [0.5, 0.6) is 0 Å². The molecule has 12 heavy (non-hydrogen) atoms. The maximum absolute atomic E-state index is 5.79. The second kappa shape index (κ2) is 4.70. The van der Waals surface area contributed by atoms with E-state index in [0.717, 1.165) is 18.1 Å². The minimum Gasteiger partial charge on any atom is -0.548 e. The predicted molar refractivity (Wildman–Crippen MR) is 57.6 cm³/mol. The highest BCUT2D eigenvalue weighted by Crippen LogP contribution is 2.11. The summed E-state index contributed by atoms with van der Waals surface area (Å²) in [5.41, 5.74) is 0. The lowest BCUT2D eigenvalue weighted by atomic mass is 10.1. The summed E-state index contributed by atoms with van der Waals surface area (Å²) in [6, 6.07) is 0. The first-order valence-corrected chi connectivity index (χ1v) is 8.08. The fraction of sp³-hybridized carbons (Fsp3) is 0.800. The Balaban J connectivity index is 3.86. The maximum Gasteiger partial charge on any atom is 0.241 e. The number of hydrogen-bond acceptors (Lipinski definition) is 1. The maximum atomic E-state index is 5.79. The highest BCUT2D eigenvalue weighted by Gasteiger charge is 2.15. The Morgan fingerprint density at radius 3 is 2.17 bits per heavy atom. The van der Waals surface area contributed by atoms with Crippen molar-refractivity contribution < 1.29 is 4.43 Å². The Kier molecular flexibility index (Phi) is 4.61. The molecule has 1 nitrogen and oxygen atoms in total. The fourth-order valence-corrected chi connectivity index (χ4v) is 1.98. The predicted octanol–water partition coefficient (Wildman–Crippen LogP) is 3.79. The molecule has 2 heteroatoms. The zero-order valence-corrected chi connectivity index (χ0v) is 10.3. The van der Waals surface area contributed by atoms with E-state index in [1.165, 1.54) is 0 Å². The summed E-state index contributed by atoms with van der Waals surface area (Å²) in [4.78, 5) is 0. The van der Waals surface area contributed by atoms with Gasteiger partial charge in [0.15, 0.2) is 0 Å². The van der Waals surface area contributed by atoms with E-state index in [9.17, 15) is 0 Å². The van der Waals surface area contributed by atoms with E-state index in [1.807, 2.05) is 0 Å². The van der Waals surface area contributed by atoms with Crippen molar-refractivity contribution in [2.24, 2.45) is 5.92 Å². The molecule has 0 aliphatic carbocycles. The lowest BCUT2D eigenvalue weighted by Gasteiger charge is -2.19. The average Bonchev–Trinajstić information content (AvgIpc) is 1.79. The van der Waals surface area contributed by atoms with Gasteiger partial charge in [-0.25, -0.2) is 0 Å². The second-order valence-electron chi connectivity index (χ2n) is 4.66. The van der Waals surface area contributed by atoms with Crippen LogP contribution in [-0.4, -0.2) is 8.32 Å². The average molecular weight is 186 g/mol. The Hall–Kier alpha value is -0.243. The van der Waals surface area contributed by atoms with Crippen molar-refractivity contribution >= 4 is 8.32 Å². The van der Waals surface area contributed by atoms with E-state index in [1.54, 1.807) is 0 Å². The summed E-state index contributed by atoms with van der Waals surface area (Å²) in [5.74, 6) is 1.83. The minimum absolute atomic E-state index is 0.727. The molecule has 0 unspecified atom stereocenters. The molecule has 0 aromatic carbocycles. The van der Waals surface area contributed by atoms with Gasteiger partial charge in [-0.2, -0.15) is 0 Å². The molecule has 0 saturated heterocycles. The minimum atomic E-state index is -1.36. The zero-order valence-electron chi connectivity index (χ0n) is 9.27. The molecule has 0 rings (SSSR count). The smallest absolute Gasteiger partial charge is 0.241 e. The highest BCUT2D eigenvalue weighted by atomic mass is 28.4. The molecule has 0 amide bonds. The van der Waals surface area contributed by atoms with Crippen LogP contribution in [0.15, 0.2) is 11.8 Å². The number of hydrogen-bond donors (Lipinski definition) is 0. The van der Waals surface area contributed by atoms with Gasteiger partial charge in [-0.15, -0.1) is 0 Å². The first kappa shape index (κ1) is 11.8. The van der Waals surface area contributed by atoms with Crippen LogP contribution in [0.25, 0.3) is 0 Å². The van der Waals surface area contributed by atoms with Crippen molar-refractivity contribution in [1.82, 2.24) is 0 Å². The molecule has 0 atom stereocenters. The van der Waals surface area contributed by atoms with Crippen LogP contribution < -0.4 is 0 Å². The summed E-state index contributed by atoms with van der Waals surface area (Å²) >= 11 is 0. The van der Waals surface area contributed by atoms with Crippen LogP contribution in [0.1, 0.15) is 27.2 Å². The van der Waals surface area contributed by atoms with Crippen LogP contribution in [0.2, 0.25) is 19.6 Å². The van der Waals surface area contributed by atoms with Crippen molar-refractivity contribution in [3.05, 3.63) is 11.8 Å². The van der Waals surface area contributed by atoms with Gasteiger partial charge in [0, 0.05) is 0 Å². The summed E-state index contributed by atoms with van der Waals surface area (Å²) < 4.78 is 5.79. The van der Waals surface area contributed by atoms with E-state index < -0.39 is 8.32 Å². The number of allylic oxidation sites excluding steroid dienone is 2. The second-order valence-corrected chi connectivity index (χ2v) is 9.09. The molecule has 0 aromatic heterocycles. The summed E-state index contributed by atoms with van der Waals surface area (Å²) in [5, 5.41) is 0. The Bertz CT molecular complexity index is 154. The highest BCUT2D eigenvalue weighted by molar-refractivity contribution is 6.70. The van der Waals surface area contributed by atoms with Crippen molar-refractivity contribution in [2.45, 2.75) is 46.8 Å². The van der Waals surface area contributed by atoms with Gasteiger partial charge in [0.1, 0.15) is 0 Å². The Morgan fingerprint density at radius 1 is 1.33 bits per heavy atom. The summed E-state index contributed by atoms with van der Waals surface area (Å²) in [7, 11) is -1.36. The van der Waals surface area contributed by atoms with Crippen molar-refractivity contribution in [3.63, 3.8) is 0 Å². The lowest BCUT2D eigenvalue weighted by Crippen LogP contribution is -2.24. The molecule has 0 aliphatic rings. The third-order valence-corrected chi connectivity index (χ3v) is 2.28. The first-order chi connectivity index (χ1) is 5.31. The summed E-state index contributed by atoms with van der Waals surface area (Å²) in [6.07, 6.45) is 3.32. The SMILES string of the molecule is C/C(=C/CC(C)C)O[Si](C)(C)C. The van der Waals surface area contributed by atoms with E-state index >= 15 is 0 Å². The van der Waals surface area contributed by atoms with Gasteiger partial charge in [0.05, 0.1) is 5.76 Å². The van der Waals surface area contributed by atoms with Gasteiger partial charge in [0.25, 0.3) is 0 Å². The third-order valence-electron chi connectivity index (χ3n) is 1.34. The monoisotopic (exact) mass is 186 g/mol. The third kappa shape index (κ3) is 7.86. The van der Waals surface area contributed by atoms with Gasteiger partial charge in [-0.1, -0.05) is 13.8 Å². The molecular formula is C10H22OSi. The van der Waals surface area contributed by atoms with E-state index in [4.69, 9.17) is 4.43 Å². The molecular weight excluding hydrogens is 164 g/mol. The van der Waals surface area contributed by atoms with Crippen molar-refractivity contribution in [2.75, 3.05) is 0 Å². The van der Waals surface area contributed by atoms with E-state index in [0.29, 0.717) is 0 Å². The van der Waals surface area contributed by atoms with Crippen LogP contribution in [0.4, 0.5) is 0 Å². The fourth-order valence-electron chi connectivity index (χ4n) is 0.926. The summed E-state index contributed by atoms with van der Waals surface area (Å²) in [6.45, 7) is 13.1. The molecule has 0 bridgehead atoms. The van der Waals surface area contributed by atoms with Crippen molar-refractivity contribution in [1.29, 1.82) is 0 Å². The zero-order chi connectivity index (χ0) is 9.78. The van der Waals surface area contributed by atoms with Crippen molar-refractivity contribution in [3.8, 4) is 0 Å². The molecule has 0 aromatic rings. The normalized spacial score (nSPS) is 13.8. The van der Waals surface area contributed by atoms with Crippen LogP contribution >= 0.6 is 0 Å². The van der Waals surface area contributed by atoms with Gasteiger partial charge >= 0.3 is 0 Å². The Morgan fingerprint density at radius 2 is 1.83 bits per heavy atom. The molecule has 0 spiro atoms. The number of rotatable bonds is 4. The molecule has 72 valence electrons. The van der Waals surface area contributed by atoms with Gasteiger partial charge in [-0.3, -0.25) is 0 Å². The van der Waals surface area contributed by atoms with E-state index in [-0.39, 0.29) is 0 Å². The van der Waals surface area contributed by atoms with Crippen LogP contribution in [0, 0.1) is 5.92 Å². The molecule has 0 saturated carbocycles. The van der Waals surface area contributed by atoms with Gasteiger partial charge < -0.3 is 4.43 Å². The molecule has 0 heterocycles. The molecule has 0 N–H and O–H groups in total. The van der Waals surface area contributed by atoms with Gasteiger partial charge in [-0.05, 0) is 45.0 Å². The molecule has 0 fully saturated rings. The largest absolute Gasteiger partial charge is 0.548 e. The Labute approximate surface area is 78.0 Å². The van der Waals surface area contributed by atoms with Crippen LogP contribution in [0.3, 0.4) is 0 Å². The lowest BCUT2D eigenvalue weighted by molar-refractivity contribution is 0.419. The first-order valence-electron chi connectivity index (χ1n) is 4.67. The molecule has 0 aliphatic heterocycles. The van der Waals surface area contributed by atoms with E-state index in [2.05, 4.69) is 46.5 Å². The standard InChI is InChI=1S/C10H22OSi/c1-9(2)7-8-10(3)11-12(4,5)6/h8-9H,7H2,1-6H3/b10-8-. The quantitative estimate of drug-likeness (QED) is 0.479. The van der Waals surface area contributed by atoms with Crippen LogP contribution in [-0.2, 0) is 4.43 Å².